The minimum absolute atomic E-state index is 0.103. The molecular formula is C47H50FNO20S. The largest absolute Gasteiger partial charge is 0.479 e. The van der Waals surface area contributed by atoms with E-state index >= 15 is 0 Å². The maximum absolute atomic E-state index is 14.4. The third-order valence-electron chi connectivity index (χ3n) is 12.7. The van der Waals surface area contributed by atoms with Crippen LogP contribution in [0.4, 0.5) is 10.1 Å². The number of nitrogens with zero attached hydrogens (tertiary/aromatic N) is 1. The molecule has 0 bridgehead atoms. The van der Waals surface area contributed by atoms with Crippen molar-refractivity contribution >= 4 is 35.3 Å². The van der Waals surface area contributed by atoms with Gasteiger partial charge in [0.25, 0.3) is 0 Å². The molecule has 23 heteroatoms. The molecule has 4 aromatic carbocycles. The number of β-lactam (4-membered cyclic amide) rings is 1. The number of aliphatic carboxylic acids is 2. The number of para-hydroxylation sites is 1. The molecule has 6 unspecified atom stereocenters. The molecule has 4 aliphatic heterocycles. The molecule has 70 heavy (non-hydrogen) atoms. The van der Waals surface area contributed by atoms with Crippen molar-refractivity contribution in [3.8, 4) is 16.9 Å². The lowest BCUT2D eigenvalue weighted by Crippen LogP contribution is -2.61. The maximum Gasteiger partial charge on any atom is 0.335 e. The van der Waals surface area contributed by atoms with Gasteiger partial charge in [-0.2, -0.15) is 0 Å². The van der Waals surface area contributed by atoms with E-state index in [4.69, 9.17) is 23.7 Å². The van der Waals surface area contributed by atoms with E-state index < -0.39 is 140 Å². The highest BCUT2D eigenvalue weighted by molar-refractivity contribution is 8.00. The summed E-state index contributed by atoms with van der Waals surface area (Å²) in [7, 11) is 0. The molecule has 4 heterocycles. The van der Waals surface area contributed by atoms with Crippen molar-refractivity contribution in [2.45, 2.75) is 109 Å². The number of hydrogen-bond donors (Lipinski definition) is 12. The highest BCUT2D eigenvalue weighted by atomic mass is 32.2. The smallest absolute Gasteiger partial charge is 0.335 e. The molecule has 0 aromatic heterocycles. The number of hydrogen-bond acceptors (Lipinski definition) is 19. The topological polar surface area (TPSA) is 343 Å². The Hall–Kier alpha value is -5.19. The first kappa shape index (κ1) is 51.2. The summed E-state index contributed by atoms with van der Waals surface area (Å²) in [5.74, 6) is -4.68. The van der Waals surface area contributed by atoms with Crippen molar-refractivity contribution in [1.82, 2.24) is 0 Å². The molecule has 4 saturated heterocycles. The highest BCUT2D eigenvalue weighted by Crippen LogP contribution is 2.50. The number of anilines is 1. The van der Waals surface area contributed by atoms with Gasteiger partial charge in [-0.15, -0.1) is 11.8 Å². The molecule has 18 atom stereocenters. The number of carbonyl (C=O) groups is 3. The van der Waals surface area contributed by atoms with Crippen LogP contribution in [-0.4, -0.2) is 183 Å². The van der Waals surface area contributed by atoms with Gasteiger partial charge in [0.1, 0.15) is 84.0 Å². The zero-order chi connectivity index (χ0) is 50.3. The van der Waals surface area contributed by atoms with Crippen LogP contribution in [0.3, 0.4) is 0 Å². The van der Waals surface area contributed by atoms with Gasteiger partial charge in [-0.1, -0.05) is 66.7 Å². The van der Waals surface area contributed by atoms with Gasteiger partial charge < -0.3 is 89.9 Å². The lowest BCUT2D eigenvalue weighted by atomic mass is 9.89. The van der Waals surface area contributed by atoms with Crippen LogP contribution >= 0.6 is 11.8 Å². The maximum atomic E-state index is 14.4. The fourth-order valence-corrected chi connectivity index (χ4v) is 10.1. The standard InChI is InChI=1S/C47H50FNO20S/c48-23-13-10-20(11-14-23)28(67-47-38(59)33(54)36(57)41(69-47)45(63)64)18-70-42-29(49(43(42)60)24-4-2-1-3-5-24)25-15-12-22(16-26(25)66-46-37(58)32(53)35(56)40(68-46)44(61)62)19-6-8-21(9-7-19)39-34(55)31(52)30(51)27(17-50)65-39/h1-16,27-42,46-47,50-59H,17-18H2,(H,61,62)(H,63,64)/t27-,28+,29-,30-,31+,32+,33+,34-,35?,36+,37?,38?,39?,40?,41?,42-,46-,47-/m1/s1. The second kappa shape index (κ2) is 21.3. The first-order valence-corrected chi connectivity index (χ1v) is 22.9. The van der Waals surface area contributed by atoms with E-state index in [1.807, 2.05) is 0 Å². The minimum Gasteiger partial charge on any atom is -0.479 e. The van der Waals surface area contributed by atoms with Crippen LogP contribution < -0.4 is 9.64 Å². The average Bonchev–Trinajstić information content (AvgIpc) is 3.35. The summed E-state index contributed by atoms with van der Waals surface area (Å²) in [5, 5.41) is 124. The number of carboxylic acid groups (broad SMARTS) is 2. The first-order chi connectivity index (χ1) is 33.4. The van der Waals surface area contributed by atoms with Gasteiger partial charge in [0.2, 0.25) is 12.2 Å². The van der Waals surface area contributed by atoms with E-state index in [9.17, 15) is 80.1 Å². The number of halogens is 1. The molecule has 376 valence electrons. The van der Waals surface area contributed by atoms with Crippen molar-refractivity contribution in [2.24, 2.45) is 0 Å². The highest BCUT2D eigenvalue weighted by Gasteiger charge is 2.53. The van der Waals surface area contributed by atoms with E-state index in [-0.39, 0.29) is 22.6 Å². The Balaban J connectivity index is 1.16. The Labute approximate surface area is 401 Å². The lowest BCUT2D eigenvalue weighted by Gasteiger charge is -2.48. The van der Waals surface area contributed by atoms with Crippen molar-refractivity contribution in [3.05, 3.63) is 120 Å². The molecule has 12 N–H and O–H groups in total. The molecule has 0 radical (unpaired) electrons. The molecule has 4 fully saturated rings. The second-order valence-electron chi connectivity index (χ2n) is 17.1. The summed E-state index contributed by atoms with van der Waals surface area (Å²) >= 11 is 1.01. The number of rotatable bonds is 15. The van der Waals surface area contributed by atoms with Gasteiger partial charge in [0.15, 0.2) is 18.5 Å². The Kier molecular flexibility index (Phi) is 15.5. The summed E-state index contributed by atoms with van der Waals surface area (Å²) < 4.78 is 43.1. The third kappa shape index (κ3) is 10.0. The lowest BCUT2D eigenvalue weighted by molar-refractivity contribution is -0.303. The molecule has 0 spiro atoms. The summed E-state index contributed by atoms with van der Waals surface area (Å²) in [6, 6.07) is 23.4. The van der Waals surface area contributed by atoms with Gasteiger partial charge in [-0.25, -0.2) is 14.0 Å². The molecule has 1 amide bonds. The first-order valence-electron chi connectivity index (χ1n) is 21.9. The summed E-state index contributed by atoms with van der Waals surface area (Å²) in [4.78, 5) is 39.9. The summed E-state index contributed by atoms with van der Waals surface area (Å²) in [5.41, 5.74) is 2.24. The van der Waals surface area contributed by atoms with Gasteiger partial charge in [-0.05, 0) is 52.6 Å². The van der Waals surface area contributed by atoms with Gasteiger partial charge in [0.05, 0.1) is 18.8 Å². The quantitative estimate of drug-likeness (QED) is 0.0643. The van der Waals surface area contributed by atoms with Crippen LogP contribution in [0.1, 0.15) is 34.9 Å². The summed E-state index contributed by atoms with van der Waals surface area (Å²) in [6.45, 7) is -0.640. The molecular weight excluding hydrogens is 950 g/mol. The molecule has 4 aromatic rings. The van der Waals surface area contributed by atoms with Crippen molar-refractivity contribution in [2.75, 3.05) is 17.3 Å². The number of amides is 1. The SMILES string of the molecule is O=C(O)C1O[C@@H](Oc2cc(-c3ccc(C4O[C@H](CO)[C@@H](O)[C@H](O)[C@H]4O)cc3)ccc2[C@@H]2[C@@H](SC[C@H](O[C@@H]3OC(C(=O)O)[C@@H](O)[C@H](O)C3O)c3ccc(F)cc3)C(=O)N2c2ccccc2)C(O)[C@@H](O)C1O. The fourth-order valence-electron chi connectivity index (χ4n) is 8.79. The van der Waals surface area contributed by atoms with Gasteiger partial charge in [0, 0.05) is 17.0 Å². The zero-order valence-corrected chi connectivity index (χ0v) is 37.2. The molecule has 0 aliphatic carbocycles. The predicted molar refractivity (Wildman–Crippen MR) is 237 cm³/mol. The minimum atomic E-state index is -2.06. The fraction of sp³-hybridized carbons (Fsp3) is 0.426. The van der Waals surface area contributed by atoms with Crippen LogP contribution in [0.15, 0.2) is 97.1 Å². The second-order valence-corrected chi connectivity index (χ2v) is 18.3. The Bertz CT molecular complexity index is 2470. The van der Waals surface area contributed by atoms with E-state index in [1.54, 1.807) is 66.7 Å². The van der Waals surface area contributed by atoms with Crippen molar-refractivity contribution in [1.29, 1.82) is 0 Å². The third-order valence-corrected chi connectivity index (χ3v) is 14.0. The zero-order valence-electron chi connectivity index (χ0n) is 36.4. The van der Waals surface area contributed by atoms with Crippen LogP contribution in [-0.2, 0) is 33.3 Å². The Morgan fingerprint density at radius 2 is 1.23 bits per heavy atom. The van der Waals surface area contributed by atoms with Crippen LogP contribution in [0, 0.1) is 5.82 Å². The van der Waals surface area contributed by atoms with Crippen molar-refractivity contribution in [3.63, 3.8) is 0 Å². The normalized spacial score (nSPS) is 34.9. The van der Waals surface area contributed by atoms with Crippen LogP contribution in [0.2, 0.25) is 0 Å². The molecule has 21 nitrogen and oxygen atoms in total. The molecule has 8 rings (SSSR count). The monoisotopic (exact) mass is 999 g/mol. The van der Waals surface area contributed by atoms with Crippen LogP contribution in [0.5, 0.6) is 5.75 Å². The van der Waals surface area contributed by atoms with E-state index in [0.29, 0.717) is 22.4 Å². The predicted octanol–water partition coefficient (Wildman–Crippen LogP) is -0.882. The van der Waals surface area contributed by atoms with E-state index in [0.717, 1.165) is 23.9 Å². The van der Waals surface area contributed by atoms with Gasteiger partial charge in [-0.3, -0.25) is 4.79 Å². The van der Waals surface area contributed by atoms with E-state index in [2.05, 4.69) is 0 Å². The molecule has 0 saturated carbocycles. The summed E-state index contributed by atoms with van der Waals surface area (Å²) in [6.07, 6.45) is -28.2. The van der Waals surface area contributed by atoms with Gasteiger partial charge >= 0.3 is 11.9 Å². The number of aliphatic hydroxyl groups is 10. The number of thioether (sulfide) groups is 1. The van der Waals surface area contributed by atoms with Crippen molar-refractivity contribution < 1.29 is 104 Å². The Morgan fingerprint density at radius 1 is 0.657 bits per heavy atom. The Morgan fingerprint density at radius 3 is 1.83 bits per heavy atom. The molecule has 4 aliphatic rings. The number of ether oxygens (including phenoxy) is 5. The number of carbonyl (C=O) groups excluding carboxylic acids is 1. The number of carboxylic acids is 2. The van der Waals surface area contributed by atoms with E-state index in [1.165, 1.54) is 23.1 Å². The number of aliphatic hydroxyl groups excluding tert-OH is 10. The van der Waals surface area contributed by atoms with Crippen LogP contribution in [0.25, 0.3) is 11.1 Å². The number of benzene rings is 4. The average molecular weight is 1000 g/mol.